The third kappa shape index (κ3) is 2.96. The standard InChI is InChI=1S/C12H19NS/c1-5-13-11(8-9(2)3)12-10(4)6-7-14-12/h6-7,11,13H,2,5,8H2,1,3-4H3. The van der Waals surface area contributed by atoms with Crippen LogP contribution in [0.3, 0.4) is 0 Å². The highest BCUT2D eigenvalue weighted by Gasteiger charge is 2.13. The molecule has 78 valence electrons. The number of hydrogen-bond donors (Lipinski definition) is 1. The van der Waals surface area contributed by atoms with Crippen LogP contribution in [0.25, 0.3) is 0 Å². The van der Waals surface area contributed by atoms with Gasteiger partial charge in [0.2, 0.25) is 0 Å². The summed E-state index contributed by atoms with van der Waals surface area (Å²) in [4.78, 5) is 1.45. The molecule has 1 aromatic heterocycles. The van der Waals surface area contributed by atoms with Gasteiger partial charge < -0.3 is 5.32 Å². The summed E-state index contributed by atoms with van der Waals surface area (Å²) >= 11 is 1.84. The summed E-state index contributed by atoms with van der Waals surface area (Å²) < 4.78 is 0. The summed E-state index contributed by atoms with van der Waals surface area (Å²) in [6.07, 6.45) is 1.04. The molecule has 1 N–H and O–H groups in total. The highest BCUT2D eigenvalue weighted by atomic mass is 32.1. The van der Waals surface area contributed by atoms with Crippen LogP contribution in [0.4, 0.5) is 0 Å². The molecule has 0 aliphatic rings. The Labute approximate surface area is 90.9 Å². The summed E-state index contributed by atoms with van der Waals surface area (Å²) in [5.74, 6) is 0. The Kier molecular flexibility index (Phi) is 4.36. The predicted molar refractivity (Wildman–Crippen MR) is 64.9 cm³/mol. The second kappa shape index (κ2) is 5.32. The van der Waals surface area contributed by atoms with Crippen molar-refractivity contribution in [3.63, 3.8) is 0 Å². The second-order valence-electron chi connectivity index (χ2n) is 3.74. The maximum Gasteiger partial charge on any atom is 0.0454 e. The van der Waals surface area contributed by atoms with Gasteiger partial charge in [-0.05, 0) is 43.8 Å². The Hall–Kier alpha value is -0.600. The number of thiophene rings is 1. The average Bonchev–Trinajstić information content (AvgIpc) is 2.50. The molecule has 1 unspecified atom stereocenters. The van der Waals surface area contributed by atoms with Gasteiger partial charge >= 0.3 is 0 Å². The molecule has 1 heterocycles. The number of aryl methyl sites for hydroxylation is 1. The molecule has 1 aromatic rings. The zero-order chi connectivity index (χ0) is 10.6. The molecule has 0 spiro atoms. The van der Waals surface area contributed by atoms with E-state index in [1.165, 1.54) is 16.0 Å². The van der Waals surface area contributed by atoms with Crippen LogP contribution in [0.1, 0.15) is 36.8 Å². The first-order chi connectivity index (χ1) is 6.65. The zero-order valence-corrected chi connectivity index (χ0v) is 10.1. The highest BCUT2D eigenvalue weighted by molar-refractivity contribution is 7.10. The Bertz CT molecular complexity index is 301. The van der Waals surface area contributed by atoms with Gasteiger partial charge in [0.05, 0.1) is 0 Å². The smallest absolute Gasteiger partial charge is 0.0454 e. The van der Waals surface area contributed by atoms with Crippen molar-refractivity contribution in [1.82, 2.24) is 5.32 Å². The van der Waals surface area contributed by atoms with Crippen molar-refractivity contribution in [3.05, 3.63) is 34.0 Å². The summed E-state index contributed by atoms with van der Waals surface area (Å²) in [7, 11) is 0. The molecule has 14 heavy (non-hydrogen) atoms. The quantitative estimate of drug-likeness (QED) is 0.730. The molecule has 0 saturated heterocycles. The van der Waals surface area contributed by atoms with E-state index in [0.717, 1.165) is 13.0 Å². The molecule has 1 atom stereocenters. The Morgan fingerprint density at radius 1 is 1.64 bits per heavy atom. The summed E-state index contributed by atoms with van der Waals surface area (Å²) in [5.41, 5.74) is 2.63. The van der Waals surface area contributed by atoms with Gasteiger partial charge in [-0.25, -0.2) is 0 Å². The van der Waals surface area contributed by atoms with Crippen molar-refractivity contribution in [2.24, 2.45) is 0 Å². The molecular formula is C12H19NS. The lowest BCUT2D eigenvalue weighted by molar-refractivity contribution is 0.554. The molecule has 1 rings (SSSR count). The Morgan fingerprint density at radius 3 is 2.79 bits per heavy atom. The van der Waals surface area contributed by atoms with Crippen LogP contribution >= 0.6 is 11.3 Å². The minimum absolute atomic E-state index is 0.456. The minimum atomic E-state index is 0.456. The summed E-state index contributed by atoms with van der Waals surface area (Å²) in [6, 6.07) is 2.64. The molecule has 0 bridgehead atoms. The molecule has 2 heteroatoms. The van der Waals surface area contributed by atoms with Gasteiger partial charge in [-0.3, -0.25) is 0 Å². The fourth-order valence-electron chi connectivity index (χ4n) is 1.59. The van der Waals surface area contributed by atoms with Crippen LogP contribution in [0.2, 0.25) is 0 Å². The van der Waals surface area contributed by atoms with Crippen LogP contribution in [-0.4, -0.2) is 6.54 Å². The van der Waals surface area contributed by atoms with Gasteiger partial charge in [-0.1, -0.05) is 12.5 Å². The first kappa shape index (κ1) is 11.5. The largest absolute Gasteiger partial charge is 0.309 e. The Balaban J connectivity index is 2.77. The summed E-state index contributed by atoms with van der Waals surface area (Å²) in [6.45, 7) is 11.4. The first-order valence-electron chi connectivity index (χ1n) is 5.07. The van der Waals surface area contributed by atoms with E-state index in [-0.39, 0.29) is 0 Å². The van der Waals surface area contributed by atoms with Gasteiger partial charge in [0.25, 0.3) is 0 Å². The van der Waals surface area contributed by atoms with E-state index < -0.39 is 0 Å². The lowest BCUT2D eigenvalue weighted by atomic mass is 10.1. The van der Waals surface area contributed by atoms with Crippen molar-refractivity contribution in [2.75, 3.05) is 6.54 Å². The molecule has 0 radical (unpaired) electrons. The zero-order valence-electron chi connectivity index (χ0n) is 9.26. The number of hydrogen-bond acceptors (Lipinski definition) is 2. The second-order valence-corrected chi connectivity index (χ2v) is 4.69. The molecule has 0 aromatic carbocycles. The Morgan fingerprint density at radius 2 is 2.36 bits per heavy atom. The monoisotopic (exact) mass is 209 g/mol. The molecule has 0 fully saturated rings. The molecule has 0 aliphatic carbocycles. The summed E-state index contributed by atoms with van der Waals surface area (Å²) in [5, 5.41) is 5.67. The van der Waals surface area contributed by atoms with Crippen LogP contribution in [0.15, 0.2) is 23.6 Å². The number of nitrogens with one attached hydrogen (secondary N) is 1. The van der Waals surface area contributed by atoms with E-state index in [0.29, 0.717) is 6.04 Å². The maximum atomic E-state index is 3.98. The van der Waals surface area contributed by atoms with E-state index in [9.17, 15) is 0 Å². The van der Waals surface area contributed by atoms with Crippen LogP contribution in [0.5, 0.6) is 0 Å². The van der Waals surface area contributed by atoms with Crippen LogP contribution in [0, 0.1) is 6.92 Å². The SMILES string of the molecule is C=C(C)CC(NCC)c1sccc1C. The van der Waals surface area contributed by atoms with Crippen molar-refractivity contribution in [1.29, 1.82) is 0 Å². The van der Waals surface area contributed by atoms with Crippen molar-refractivity contribution in [3.8, 4) is 0 Å². The number of rotatable bonds is 5. The van der Waals surface area contributed by atoms with Crippen molar-refractivity contribution >= 4 is 11.3 Å². The minimum Gasteiger partial charge on any atom is -0.309 e. The van der Waals surface area contributed by atoms with Crippen molar-refractivity contribution in [2.45, 2.75) is 33.2 Å². The molecular weight excluding hydrogens is 190 g/mol. The van der Waals surface area contributed by atoms with Crippen LogP contribution < -0.4 is 5.32 Å². The van der Waals surface area contributed by atoms with Gasteiger partial charge in [0, 0.05) is 10.9 Å². The van der Waals surface area contributed by atoms with E-state index in [2.05, 4.69) is 44.1 Å². The van der Waals surface area contributed by atoms with Crippen LogP contribution in [-0.2, 0) is 0 Å². The molecule has 1 nitrogen and oxygen atoms in total. The average molecular weight is 209 g/mol. The third-order valence-electron chi connectivity index (χ3n) is 2.22. The molecule has 0 amide bonds. The van der Waals surface area contributed by atoms with Gasteiger partial charge in [0.1, 0.15) is 0 Å². The van der Waals surface area contributed by atoms with Crippen molar-refractivity contribution < 1.29 is 0 Å². The van der Waals surface area contributed by atoms with Gasteiger partial charge in [-0.2, -0.15) is 0 Å². The lowest BCUT2D eigenvalue weighted by Crippen LogP contribution is -2.20. The van der Waals surface area contributed by atoms with E-state index in [4.69, 9.17) is 0 Å². The first-order valence-corrected chi connectivity index (χ1v) is 5.94. The fraction of sp³-hybridized carbons (Fsp3) is 0.500. The van der Waals surface area contributed by atoms with Gasteiger partial charge in [-0.15, -0.1) is 17.9 Å². The molecule has 0 saturated carbocycles. The van der Waals surface area contributed by atoms with E-state index in [1.54, 1.807) is 0 Å². The van der Waals surface area contributed by atoms with E-state index in [1.807, 2.05) is 11.3 Å². The normalized spacial score (nSPS) is 12.8. The van der Waals surface area contributed by atoms with Gasteiger partial charge in [0.15, 0.2) is 0 Å². The lowest BCUT2D eigenvalue weighted by Gasteiger charge is -2.17. The highest BCUT2D eigenvalue weighted by Crippen LogP contribution is 2.27. The van der Waals surface area contributed by atoms with E-state index >= 15 is 0 Å². The molecule has 0 aliphatic heterocycles. The third-order valence-corrected chi connectivity index (χ3v) is 3.35. The predicted octanol–water partition coefficient (Wildman–Crippen LogP) is 3.67. The maximum absolute atomic E-state index is 3.98. The topological polar surface area (TPSA) is 12.0 Å². The fourth-order valence-corrected chi connectivity index (χ4v) is 2.60.